The van der Waals surface area contributed by atoms with E-state index in [9.17, 15) is 17.4 Å². The summed E-state index contributed by atoms with van der Waals surface area (Å²) >= 11 is 0. The summed E-state index contributed by atoms with van der Waals surface area (Å²) in [6.45, 7) is 5.15. The van der Waals surface area contributed by atoms with E-state index in [1.54, 1.807) is 20.8 Å². The molecule has 0 heterocycles. The summed E-state index contributed by atoms with van der Waals surface area (Å²) in [4.78, 5) is 0. The van der Waals surface area contributed by atoms with E-state index >= 15 is 0 Å². The fourth-order valence-electron chi connectivity index (χ4n) is 1.29. The third kappa shape index (κ3) is 4.29. The third-order valence-electron chi connectivity index (χ3n) is 2.40. The van der Waals surface area contributed by atoms with Gasteiger partial charge in [0, 0.05) is 11.1 Å². The molecule has 0 bridgehead atoms. The Morgan fingerprint density at radius 3 is 2.37 bits per heavy atom. The molecule has 0 unspecified atom stereocenters. The zero-order valence-corrected chi connectivity index (χ0v) is 11.7. The van der Waals surface area contributed by atoms with E-state index in [0.29, 0.717) is 0 Å². The molecule has 0 aliphatic rings. The van der Waals surface area contributed by atoms with E-state index in [-0.39, 0.29) is 11.1 Å². The van der Waals surface area contributed by atoms with Gasteiger partial charge in [-0.3, -0.25) is 0 Å². The second kappa shape index (κ2) is 6.02. The molecule has 2 atom stereocenters. The summed E-state index contributed by atoms with van der Waals surface area (Å²) in [5, 5.41) is 0. The van der Waals surface area contributed by atoms with Crippen molar-refractivity contribution in [3.8, 4) is 0 Å². The van der Waals surface area contributed by atoms with Crippen LogP contribution in [-0.2, 0) is 11.0 Å². The molecule has 0 saturated carbocycles. The zero-order valence-electron chi connectivity index (χ0n) is 10.9. The maximum atomic E-state index is 13.6. The van der Waals surface area contributed by atoms with Crippen LogP contribution in [0.5, 0.6) is 0 Å². The van der Waals surface area contributed by atoms with Gasteiger partial charge < -0.3 is 5.73 Å². The molecule has 0 amide bonds. The number of nitrogens with two attached hydrogens (primary N) is 1. The fraction of sp³-hybridized carbons (Fsp3) is 0.500. The van der Waals surface area contributed by atoms with Gasteiger partial charge in [-0.25, -0.2) is 22.1 Å². The van der Waals surface area contributed by atoms with Crippen molar-refractivity contribution in [2.75, 3.05) is 0 Å². The van der Waals surface area contributed by atoms with Crippen molar-refractivity contribution < 1.29 is 17.4 Å². The summed E-state index contributed by atoms with van der Waals surface area (Å²) in [5.41, 5.74) is 5.22. The van der Waals surface area contributed by atoms with Gasteiger partial charge in [-0.05, 0) is 32.9 Å². The molecule has 7 heteroatoms. The molecule has 108 valence electrons. The van der Waals surface area contributed by atoms with Gasteiger partial charge in [0.25, 0.3) is 6.43 Å². The first kappa shape index (κ1) is 16.1. The number of benzene rings is 1. The summed E-state index contributed by atoms with van der Waals surface area (Å²) in [6.07, 6.45) is -3.82. The van der Waals surface area contributed by atoms with Crippen LogP contribution in [0.2, 0.25) is 0 Å². The molecule has 1 rings (SSSR count). The smallest absolute Gasteiger partial charge is 0.263 e. The predicted octanol–water partition coefficient (Wildman–Crippen LogP) is 2.77. The van der Waals surface area contributed by atoms with Crippen molar-refractivity contribution in [1.29, 1.82) is 0 Å². The summed E-state index contributed by atoms with van der Waals surface area (Å²) in [5.74, 6) is -0.713. The lowest BCUT2D eigenvalue weighted by Gasteiger charge is -2.22. The van der Waals surface area contributed by atoms with Crippen molar-refractivity contribution in [3.63, 3.8) is 0 Å². The van der Waals surface area contributed by atoms with E-state index in [4.69, 9.17) is 5.73 Å². The normalized spacial score (nSPS) is 15.6. The van der Waals surface area contributed by atoms with Crippen LogP contribution < -0.4 is 10.5 Å². The van der Waals surface area contributed by atoms with Crippen molar-refractivity contribution >= 4 is 11.0 Å². The number of rotatable bonds is 4. The zero-order chi connectivity index (χ0) is 14.8. The Labute approximate surface area is 113 Å². The predicted molar refractivity (Wildman–Crippen MR) is 69.3 cm³/mol. The SMILES string of the molecule is CC(C)(C)[S@](=O)N[C@@H](N)c1cc(C(F)F)ccc1F. The molecule has 0 aliphatic carbocycles. The molecule has 0 spiro atoms. The minimum absolute atomic E-state index is 0.129. The Morgan fingerprint density at radius 1 is 1.32 bits per heavy atom. The minimum Gasteiger partial charge on any atom is -0.311 e. The largest absolute Gasteiger partial charge is 0.311 e. The molecule has 0 radical (unpaired) electrons. The van der Waals surface area contributed by atoms with Crippen molar-refractivity contribution in [1.82, 2.24) is 4.72 Å². The standard InChI is InChI=1S/C12H17F3N2OS/c1-12(2,3)19(18)17-11(16)8-6-7(10(14)15)4-5-9(8)13/h4-6,10-11,17H,16H2,1-3H3/t11-,19+/m1/s1. The molecule has 0 aromatic heterocycles. The topological polar surface area (TPSA) is 55.1 Å². The van der Waals surface area contributed by atoms with Crippen molar-refractivity contribution in [2.24, 2.45) is 5.73 Å². The fourth-order valence-corrected chi connectivity index (χ4v) is 2.00. The number of hydrogen-bond donors (Lipinski definition) is 2. The molecular weight excluding hydrogens is 277 g/mol. The van der Waals surface area contributed by atoms with Crippen LogP contribution in [0.1, 0.15) is 44.5 Å². The van der Waals surface area contributed by atoms with Gasteiger partial charge >= 0.3 is 0 Å². The first-order valence-corrected chi connectivity index (χ1v) is 6.79. The quantitative estimate of drug-likeness (QED) is 0.839. The number of alkyl halides is 2. The maximum absolute atomic E-state index is 13.6. The Bertz CT molecular complexity index is 475. The number of halogens is 3. The lowest BCUT2D eigenvalue weighted by atomic mass is 10.1. The van der Waals surface area contributed by atoms with E-state index in [1.807, 2.05) is 0 Å². The highest BCUT2D eigenvalue weighted by Crippen LogP contribution is 2.24. The van der Waals surface area contributed by atoms with Crippen LogP contribution in [0.3, 0.4) is 0 Å². The molecule has 3 nitrogen and oxygen atoms in total. The van der Waals surface area contributed by atoms with Crippen molar-refractivity contribution in [2.45, 2.75) is 38.1 Å². The highest BCUT2D eigenvalue weighted by molar-refractivity contribution is 7.84. The second-order valence-electron chi connectivity index (χ2n) is 5.06. The highest BCUT2D eigenvalue weighted by Gasteiger charge is 2.23. The molecule has 19 heavy (non-hydrogen) atoms. The number of hydrogen-bond acceptors (Lipinski definition) is 2. The third-order valence-corrected chi connectivity index (χ3v) is 3.98. The van der Waals surface area contributed by atoms with Gasteiger partial charge in [-0.15, -0.1) is 0 Å². The van der Waals surface area contributed by atoms with Crippen LogP contribution in [0.25, 0.3) is 0 Å². The first-order valence-electron chi connectivity index (χ1n) is 5.64. The van der Waals surface area contributed by atoms with E-state index in [2.05, 4.69) is 4.72 Å². The van der Waals surface area contributed by atoms with Crippen molar-refractivity contribution in [3.05, 3.63) is 35.1 Å². The Hall–Kier alpha value is -0.920. The Balaban J connectivity index is 2.96. The van der Waals surface area contributed by atoms with Crippen LogP contribution in [0, 0.1) is 5.82 Å². The molecule has 3 N–H and O–H groups in total. The molecule has 0 saturated heterocycles. The van der Waals surface area contributed by atoms with Crippen LogP contribution in [-0.4, -0.2) is 8.96 Å². The second-order valence-corrected chi connectivity index (χ2v) is 7.06. The van der Waals surface area contributed by atoms with E-state index in [1.165, 1.54) is 0 Å². The lowest BCUT2D eigenvalue weighted by Crippen LogP contribution is -2.39. The molecular formula is C12H17F3N2OS. The van der Waals surface area contributed by atoms with Gasteiger partial charge in [-0.2, -0.15) is 0 Å². The number of nitrogens with one attached hydrogen (secondary N) is 1. The van der Waals surface area contributed by atoms with E-state index < -0.39 is 34.1 Å². The molecule has 1 aromatic carbocycles. The van der Waals surface area contributed by atoms with Gasteiger partial charge in [0.2, 0.25) is 0 Å². The maximum Gasteiger partial charge on any atom is 0.263 e. The molecule has 0 aliphatic heterocycles. The lowest BCUT2D eigenvalue weighted by molar-refractivity contribution is 0.151. The summed E-state index contributed by atoms with van der Waals surface area (Å²) in [7, 11) is -1.52. The average molecular weight is 294 g/mol. The minimum atomic E-state index is -2.71. The van der Waals surface area contributed by atoms with Crippen LogP contribution in [0.4, 0.5) is 13.2 Å². The van der Waals surface area contributed by atoms with Gasteiger partial charge in [0.15, 0.2) is 0 Å². The Kier molecular flexibility index (Phi) is 5.11. The van der Waals surface area contributed by atoms with Crippen LogP contribution >= 0.6 is 0 Å². The summed E-state index contributed by atoms with van der Waals surface area (Å²) < 4.78 is 52.4. The van der Waals surface area contributed by atoms with Gasteiger partial charge in [0.05, 0.1) is 21.9 Å². The highest BCUT2D eigenvalue weighted by atomic mass is 32.2. The van der Waals surface area contributed by atoms with Gasteiger partial charge in [0.1, 0.15) is 5.82 Å². The molecule has 0 fully saturated rings. The Morgan fingerprint density at radius 2 is 1.89 bits per heavy atom. The van der Waals surface area contributed by atoms with Crippen LogP contribution in [0.15, 0.2) is 18.2 Å². The monoisotopic (exact) mass is 294 g/mol. The first-order chi connectivity index (χ1) is 8.62. The van der Waals surface area contributed by atoms with E-state index in [0.717, 1.165) is 18.2 Å². The van der Waals surface area contributed by atoms with Gasteiger partial charge in [-0.1, -0.05) is 6.07 Å². The average Bonchev–Trinajstić information content (AvgIpc) is 2.27. The summed E-state index contributed by atoms with van der Waals surface area (Å²) in [6, 6.07) is 2.91. The molecule has 1 aromatic rings.